The first-order valence-electron chi connectivity index (χ1n) is 9.17. The van der Waals surface area contributed by atoms with E-state index in [2.05, 4.69) is 20.4 Å². The van der Waals surface area contributed by atoms with Gasteiger partial charge in [0.15, 0.2) is 0 Å². The number of imidazole rings is 1. The zero-order chi connectivity index (χ0) is 22.6. The molecule has 0 aromatic carbocycles. The Morgan fingerprint density at radius 3 is 2.71 bits per heavy atom. The molecule has 0 aliphatic heterocycles. The number of carbonyl (C=O) groups is 1. The minimum Gasteiger partial charge on any atom is -0.374 e. The number of thioether (sulfide) groups is 1. The lowest BCUT2D eigenvalue weighted by Crippen LogP contribution is -2.46. The third-order valence-corrected chi connectivity index (χ3v) is 5.52. The molecule has 166 valence electrons. The number of hydrogen-bond acceptors (Lipinski definition) is 7. The number of amides is 1. The highest BCUT2D eigenvalue weighted by molar-refractivity contribution is 7.98. The number of pyridine rings is 1. The van der Waals surface area contributed by atoms with E-state index in [4.69, 9.17) is 4.52 Å². The van der Waals surface area contributed by atoms with Gasteiger partial charge in [0.25, 0.3) is 5.91 Å². The van der Waals surface area contributed by atoms with Gasteiger partial charge in [0, 0.05) is 50.4 Å². The highest BCUT2D eigenvalue weighted by atomic mass is 32.2. The van der Waals surface area contributed by atoms with Crippen LogP contribution in [0.4, 0.5) is 13.2 Å². The highest BCUT2D eigenvalue weighted by Crippen LogP contribution is 2.40. The van der Waals surface area contributed by atoms with Crippen LogP contribution in [-0.2, 0) is 18.4 Å². The van der Waals surface area contributed by atoms with E-state index < -0.39 is 36.5 Å². The number of nitrogens with zero attached hydrogens (tertiary/aromatic N) is 4. The molecule has 3 aromatic heterocycles. The van der Waals surface area contributed by atoms with Crippen molar-refractivity contribution in [1.82, 2.24) is 25.0 Å². The van der Waals surface area contributed by atoms with Gasteiger partial charge >= 0.3 is 6.18 Å². The summed E-state index contributed by atoms with van der Waals surface area (Å²) in [6.45, 7) is 1.33. The van der Waals surface area contributed by atoms with Gasteiger partial charge in [0.2, 0.25) is 5.60 Å². The molecule has 0 bridgehead atoms. The standard InChI is InChI=1S/C19H20F3N5O3S/c1-12-10-13(26-30-12)11-31-16-14(4-3-6-24-16)15(28)23-7-5-18(29,19(20,21)22)17-25-8-9-27(17)2/h3-4,6,8-10,29H,5,7,11H2,1-2H3,(H,23,28). The third-order valence-electron chi connectivity index (χ3n) is 4.48. The van der Waals surface area contributed by atoms with E-state index in [0.717, 1.165) is 4.57 Å². The summed E-state index contributed by atoms with van der Waals surface area (Å²) >= 11 is 1.25. The number of hydrogen-bond donors (Lipinski definition) is 2. The van der Waals surface area contributed by atoms with E-state index in [1.807, 2.05) is 0 Å². The number of aryl methyl sites for hydroxylation is 2. The van der Waals surface area contributed by atoms with Crippen LogP contribution in [0.3, 0.4) is 0 Å². The van der Waals surface area contributed by atoms with E-state index in [-0.39, 0.29) is 5.56 Å². The van der Waals surface area contributed by atoms with Gasteiger partial charge in [-0.3, -0.25) is 4.79 Å². The summed E-state index contributed by atoms with van der Waals surface area (Å²) in [5, 5.41) is 17.0. The quantitative estimate of drug-likeness (QED) is 0.503. The van der Waals surface area contributed by atoms with Crippen LogP contribution in [0.2, 0.25) is 0 Å². The van der Waals surface area contributed by atoms with Crippen molar-refractivity contribution in [2.24, 2.45) is 7.05 Å². The SMILES string of the molecule is Cc1cc(CSc2ncccc2C(=O)NCCC(O)(c2nccn2C)C(F)(F)F)no1. The number of aromatic nitrogens is 4. The Balaban J connectivity index is 1.67. The van der Waals surface area contributed by atoms with Crippen LogP contribution < -0.4 is 5.32 Å². The Labute approximate surface area is 179 Å². The van der Waals surface area contributed by atoms with Crippen LogP contribution in [0.5, 0.6) is 0 Å². The van der Waals surface area contributed by atoms with Gasteiger partial charge in [0.1, 0.15) is 16.6 Å². The van der Waals surface area contributed by atoms with E-state index >= 15 is 0 Å². The molecule has 3 heterocycles. The maximum Gasteiger partial charge on any atom is 0.424 e. The fraction of sp³-hybridized carbons (Fsp3) is 0.368. The lowest BCUT2D eigenvalue weighted by molar-refractivity contribution is -0.272. The van der Waals surface area contributed by atoms with Crippen molar-refractivity contribution in [3.63, 3.8) is 0 Å². The van der Waals surface area contributed by atoms with Gasteiger partial charge < -0.3 is 19.5 Å². The molecule has 0 saturated heterocycles. The summed E-state index contributed by atoms with van der Waals surface area (Å²) in [7, 11) is 1.35. The molecule has 0 saturated carbocycles. The molecule has 8 nitrogen and oxygen atoms in total. The lowest BCUT2D eigenvalue weighted by Gasteiger charge is -2.30. The second-order valence-electron chi connectivity index (χ2n) is 6.80. The lowest BCUT2D eigenvalue weighted by atomic mass is 9.97. The van der Waals surface area contributed by atoms with Crippen LogP contribution in [0.1, 0.15) is 34.1 Å². The van der Waals surface area contributed by atoms with Crippen molar-refractivity contribution >= 4 is 17.7 Å². The molecular weight excluding hydrogens is 435 g/mol. The van der Waals surface area contributed by atoms with E-state index in [1.54, 1.807) is 19.1 Å². The predicted octanol–water partition coefficient (Wildman–Crippen LogP) is 2.97. The molecule has 2 N–H and O–H groups in total. The summed E-state index contributed by atoms with van der Waals surface area (Å²) in [5.74, 6) is -0.0905. The molecule has 12 heteroatoms. The zero-order valence-corrected chi connectivity index (χ0v) is 17.5. The Hall–Kier alpha value is -2.86. The van der Waals surface area contributed by atoms with Gasteiger partial charge in [-0.15, -0.1) is 0 Å². The van der Waals surface area contributed by atoms with E-state index in [1.165, 1.54) is 43.5 Å². The molecule has 1 unspecified atom stereocenters. The summed E-state index contributed by atoms with van der Waals surface area (Å²) in [4.78, 5) is 20.4. The van der Waals surface area contributed by atoms with E-state index in [9.17, 15) is 23.1 Å². The van der Waals surface area contributed by atoms with Gasteiger partial charge in [-0.25, -0.2) is 9.97 Å². The molecule has 0 radical (unpaired) electrons. The molecule has 0 spiro atoms. The first kappa shape index (κ1) is 22.8. The molecule has 0 aliphatic rings. The minimum atomic E-state index is -4.97. The smallest absolute Gasteiger partial charge is 0.374 e. The van der Waals surface area contributed by atoms with Gasteiger partial charge in [-0.1, -0.05) is 16.9 Å². The Kier molecular flexibility index (Phi) is 6.70. The number of nitrogens with one attached hydrogen (secondary N) is 1. The molecule has 1 atom stereocenters. The fourth-order valence-electron chi connectivity index (χ4n) is 2.90. The molecular formula is C19H20F3N5O3S. The maximum absolute atomic E-state index is 13.6. The summed E-state index contributed by atoms with van der Waals surface area (Å²) in [6, 6.07) is 4.83. The van der Waals surface area contributed by atoms with Gasteiger partial charge in [-0.2, -0.15) is 13.2 Å². The van der Waals surface area contributed by atoms with Crippen molar-refractivity contribution in [2.45, 2.75) is 35.9 Å². The van der Waals surface area contributed by atoms with Crippen LogP contribution in [0, 0.1) is 6.92 Å². The number of rotatable bonds is 8. The van der Waals surface area contributed by atoms with E-state index in [0.29, 0.717) is 22.2 Å². The van der Waals surface area contributed by atoms with Crippen molar-refractivity contribution < 1.29 is 27.6 Å². The number of halogens is 3. The molecule has 1 amide bonds. The van der Waals surface area contributed by atoms with Crippen LogP contribution in [-0.4, -0.2) is 43.4 Å². The average molecular weight is 455 g/mol. The first-order chi connectivity index (χ1) is 14.6. The summed E-state index contributed by atoms with van der Waals surface area (Å²) in [6.07, 6.45) is -1.78. The highest BCUT2D eigenvalue weighted by Gasteiger charge is 2.57. The summed E-state index contributed by atoms with van der Waals surface area (Å²) in [5.41, 5.74) is -2.32. The number of aliphatic hydroxyl groups is 1. The molecule has 31 heavy (non-hydrogen) atoms. The first-order valence-corrected chi connectivity index (χ1v) is 10.2. The second kappa shape index (κ2) is 9.10. The normalized spacial score (nSPS) is 13.7. The van der Waals surface area contributed by atoms with Crippen molar-refractivity contribution in [2.75, 3.05) is 6.54 Å². The van der Waals surface area contributed by atoms with Crippen LogP contribution in [0.25, 0.3) is 0 Å². The summed E-state index contributed by atoms with van der Waals surface area (Å²) < 4.78 is 46.8. The largest absolute Gasteiger partial charge is 0.424 e. The third kappa shape index (κ3) is 5.07. The van der Waals surface area contributed by atoms with Crippen molar-refractivity contribution in [1.29, 1.82) is 0 Å². The molecule has 0 aliphatic carbocycles. The number of carbonyl (C=O) groups excluding carboxylic acids is 1. The van der Waals surface area contributed by atoms with Crippen molar-refractivity contribution in [3.05, 3.63) is 59.6 Å². The fourth-order valence-corrected chi connectivity index (χ4v) is 3.78. The predicted molar refractivity (Wildman–Crippen MR) is 105 cm³/mol. The van der Waals surface area contributed by atoms with Crippen LogP contribution in [0.15, 0.2) is 46.3 Å². The Morgan fingerprint density at radius 2 is 2.10 bits per heavy atom. The monoisotopic (exact) mass is 455 g/mol. The second-order valence-corrected chi connectivity index (χ2v) is 7.76. The minimum absolute atomic E-state index is 0.209. The van der Waals surface area contributed by atoms with Gasteiger partial charge in [0.05, 0.1) is 11.3 Å². The molecule has 0 fully saturated rings. The van der Waals surface area contributed by atoms with Crippen molar-refractivity contribution in [3.8, 4) is 0 Å². The molecule has 3 rings (SSSR count). The maximum atomic E-state index is 13.6. The Morgan fingerprint density at radius 1 is 1.32 bits per heavy atom. The Bertz CT molecular complexity index is 1050. The zero-order valence-electron chi connectivity index (χ0n) is 16.7. The number of alkyl halides is 3. The van der Waals surface area contributed by atoms with Crippen LogP contribution >= 0.6 is 11.8 Å². The molecule has 3 aromatic rings. The topological polar surface area (TPSA) is 106 Å². The van der Waals surface area contributed by atoms with Gasteiger partial charge in [-0.05, 0) is 19.1 Å². The average Bonchev–Trinajstić information content (AvgIpc) is 3.33.